The van der Waals surface area contributed by atoms with E-state index in [-0.39, 0.29) is 0 Å². The number of nitrogens with zero attached hydrogens (tertiary/aromatic N) is 5. The Morgan fingerprint density at radius 1 is 1.00 bits per heavy atom. The first-order chi connectivity index (χ1) is 15.2. The van der Waals surface area contributed by atoms with E-state index in [9.17, 15) is 0 Å². The molecule has 3 N–H and O–H groups in total. The van der Waals surface area contributed by atoms with Gasteiger partial charge in [-0.05, 0) is 24.6 Å². The standard InChI is InChI=1S/C23H25N7O/c1-16-6-7-18-17-4-2-3-5-19(17)30(20(18)12-16)10-8-25-9-11-31-15-29-14-28-21-22(24)26-13-27-23(21)29/h2-7,12-14,25H,8-11,15H2,1H3,(H2,24,26,27). The average molecular weight is 416 g/mol. The Labute approximate surface area is 179 Å². The lowest BCUT2D eigenvalue weighted by Crippen LogP contribution is -2.24. The molecular formula is C23H25N7O. The molecule has 0 spiro atoms. The summed E-state index contributed by atoms with van der Waals surface area (Å²) in [4.78, 5) is 12.4. The third-order valence-corrected chi connectivity index (χ3v) is 5.52. The summed E-state index contributed by atoms with van der Waals surface area (Å²) in [5.74, 6) is 0.380. The molecule has 31 heavy (non-hydrogen) atoms. The Kier molecular flexibility index (Phi) is 5.23. The van der Waals surface area contributed by atoms with E-state index in [0.717, 1.165) is 19.6 Å². The van der Waals surface area contributed by atoms with Gasteiger partial charge in [0.1, 0.15) is 18.6 Å². The Morgan fingerprint density at radius 3 is 2.81 bits per heavy atom. The number of hydrogen-bond donors (Lipinski definition) is 2. The zero-order valence-electron chi connectivity index (χ0n) is 17.5. The lowest BCUT2D eigenvalue weighted by Gasteiger charge is -2.10. The Bertz CT molecular complexity index is 1350. The second-order valence-corrected chi connectivity index (χ2v) is 7.62. The number of benzene rings is 2. The van der Waals surface area contributed by atoms with Crippen molar-refractivity contribution in [3.05, 3.63) is 60.7 Å². The largest absolute Gasteiger partial charge is 0.382 e. The van der Waals surface area contributed by atoms with Crippen LogP contribution in [0.4, 0.5) is 5.82 Å². The van der Waals surface area contributed by atoms with Crippen molar-refractivity contribution in [2.45, 2.75) is 20.2 Å². The summed E-state index contributed by atoms with van der Waals surface area (Å²) in [6.45, 7) is 5.63. The summed E-state index contributed by atoms with van der Waals surface area (Å²) in [6, 6.07) is 15.3. The van der Waals surface area contributed by atoms with E-state index < -0.39 is 0 Å². The molecule has 0 amide bonds. The van der Waals surface area contributed by atoms with E-state index in [1.807, 2.05) is 4.57 Å². The number of aromatic nitrogens is 5. The van der Waals surface area contributed by atoms with Crippen LogP contribution in [-0.4, -0.2) is 43.8 Å². The van der Waals surface area contributed by atoms with Crippen molar-refractivity contribution in [2.24, 2.45) is 0 Å². The highest BCUT2D eigenvalue weighted by Gasteiger charge is 2.10. The van der Waals surface area contributed by atoms with Crippen molar-refractivity contribution < 1.29 is 4.74 Å². The molecule has 0 fully saturated rings. The number of ether oxygens (including phenoxy) is 1. The summed E-state index contributed by atoms with van der Waals surface area (Å²) in [5.41, 5.74) is 10.9. The molecule has 0 radical (unpaired) electrons. The number of nitrogens with one attached hydrogen (secondary N) is 1. The number of fused-ring (bicyclic) bond motifs is 4. The average Bonchev–Trinajstić information content (AvgIpc) is 3.33. The number of nitrogen functional groups attached to an aromatic ring is 1. The molecule has 0 aliphatic carbocycles. The maximum absolute atomic E-state index is 5.82. The number of nitrogens with two attached hydrogens (primary N) is 1. The van der Waals surface area contributed by atoms with Gasteiger partial charge in [-0.15, -0.1) is 0 Å². The lowest BCUT2D eigenvalue weighted by molar-refractivity contribution is 0.0811. The van der Waals surface area contributed by atoms with Gasteiger partial charge in [-0.25, -0.2) is 15.0 Å². The molecule has 0 aliphatic heterocycles. The summed E-state index contributed by atoms with van der Waals surface area (Å²) < 4.78 is 10.00. The summed E-state index contributed by atoms with van der Waals surface area (Å²) >= 11 is 0. The smallest absolute Gasteiger partial charge is 0.167 e. The maximum atomic E-state index is 5.82. The minimum absolute atomic E-state index is 0.376. The number of rotatable bonds is 8. The minimum Gasteiger partial charge on any atom is -0.382 e. The van der Waals surface area contributed by atoms with Gasteiger partial charge < -0.3 is 20.4 Å². The van der Waals surface area contributed by atoms with Gasteiger partial charge in [-0.3, -0.25) is 4.57 Å². The predicted molar refractivity (Wildman–Crippen MR) is 123 cm³/mol. The second kappa shape index (κ2) is 8.33. The Balaban J connectivity index is 1.16. The zero-order chi connectivity index (χ0) is 21.2. The van der Waals surface area contributed by atoms with Crippen LogP contribution in [0.15, 0.2) is 55.1 Å². The van der Waals surface area contributed by atoms with Gasteiger partial charge >= 0.3 is 0 Å². The molecule has 0 bridgehead atoms. The molecule has 5 aromatic rings. The minimum atomic E-state index is 0.376. The molecule has 8 heteroatoms. The number of imidazole rings is 1. The van der Waals surface area contributed by atoms with E-state index in [1.54, 1.807) is 6.33 Å². The van der Waals surface area contributed by atoms with Gasteiger partial charge in [0, 0.05) is 41.4 Å². The third kappa shape index (κ3) is 3.71. The van der Waals surface area contributed by atoms with Gasteiger partial charge in [0.05, 0.1) is 12.9 Å². The predicted octanol–water partition coefficient (Wildman–Crippen LogP) is 3.09. The van der Waals surface area contributed by atoms with Crippen molar-refractivity contribution in [3.8, 4) is 0 Å². The van der Waals surface area contributed by atoms with Gasteiger partial charge in [-0.1, -0.05) is 30.3 Å². The van der Waals surface area contributed by atoms with Crippen LogP contribution < -0.4 is 11.1 Å². The molecule has 0 atom stereocenters. The van der Waals surface area contributed by atoms with Crippen LogP contribution in [0.2, 0.25) is 0 Å². The lowest BCUT2D eigenvalue weighted by atomic mass is 10.1. The highest BCUT2D eigenvalue weighted by molar-refractivity contribution is 6.08. The van der Waals surface area contributed by atoms with Crippen LogP contribution in [0.25, 0.3) is 33.0 Å². The number of anilines is 1. The van der Waals surface area contributed by atoms with Crippen molar-refractivity contribution in [2.75, 3.05) is 25.4 Å². The summed E-state index contributed by atoms with van der Waals surface area (Å²) in [5, 5.41) is 6.09. The number of para-hydroxylation sites is 1. The molecule has 3 aromatic heterocycles. The Morgan fingerprint density at radius 2 is 1.87 bits per heavy atom. The van der Waals surface area contributed by atoms with Crippen LogP contribution in [0.5, 0.6) is 0 Å². The summed E-state index contributed by atoms with van der Waals surface area (Å²) in [6.07, 6.45) is 3.11. The van der Waals surface area contributed by atoms with E-state index in [1.165, 1.54) is 33.7 Å². The van der Waals surface area contributed by atoms with E-state index >= 15 is 0 Å². The quantitative estimate of drug-likeness (QED) is 0.378. The van der Waals surface area contributed by atoms with Gasteiger partial charge in [0.2, 0.25) is 0 Å². The van der Waals surface area contributed by atoms with Crippen LogP contribution in [0, 0.1) is 6.92 Å². The zero-order valence-corrected chi connectivity index (χ0v) is 17.5. The third-order valence-electron chi connectivity index (χ3n) is 5.52. The highest BCUT2D eigenvalue weighted by atomic mass is 16.5. The molecule has 2 aromatic carbocycles. The molecule has 3 heterocycles. The van der Waals surface area contributed by atoms with Crippen LogP contribution in [-0.2, 0) is 18.0 Å². The molecule has 0 saturated heterocycles. The van der Waals surface area contributed by atoms with E-state index in [4.69, 9.17) is 10.5 Å². The summed E-state index contributed by atoms with van der Waals surface area (Å²) in [7, 11) is 0. The number of aryl methyl sites for hydroxylation is 1. The molecule has 8 nitrogen and oxygen atoms in total. The van der Waals surface area contributed by atoms with Crippen LogP contribution in [0.3, 0.4) is 0 Å². The van der Waals surface area contributed by atoms with E-state index in [0.29, 0.717) is 30.3 Å². The van der Waals surface area contributed by atoms with Crippen LogP contribution >= 0.6 is 0 Å². The van der Waals surface area contributed by atoms with Gasteiger partial charge in [0.15, 0.2) is 11.5 Å². The fourth-order valence-electron chi connectivity index (χ4n) is 4.02. The first kappa shape index (κ1) is 19.5. The fourth-order valence-corrected chi connectivity index (χ4v) is 4.02. The second-order valence-electron chi connectivity index (χ2n) is 7.62. The SMILES string of the molecule is Cc1ccc2c3ccccc3n(CCNCCOCn3cnc4c(N)ncnc43)c2c1. The van der Waals surface area contributed by atoms with Crippen molar-refractivity contribution >= 4 is 38.8 Å². The van der Waals surface area contributed by atoms with Crippen LogP contribution in [0.1, 0.15) is 5.56 Å². The Hall–Kier alpha value is -3.49. The molecule has 0 aliphatic rings. The number of hydrogen-bond acceptors (Lipinski definition) is 6. The monoisotopic (exact) mass is 415 g/mol. The fraction of sp³-hybridized carbons (Fsp3) is 0.261. The van der Waals surface area contributed by atoms with E-state index in [2.05, 4.69) is 74.2 Å². The molecule has 0 saturated carbocycles. The van der Waals surface area contributed by atoms with Crippen molar-refractivity contribution in [1.82, 2.24) is 29.4 Å². The van der Waals surface area contributed by atoms with Crippen molar-refractivity contribution in [3.63, 3.8) is 0 Å². The molecule has 5 rings (SSSR count). The normalized spacial score (nSPS) is 11.8. The molecule has 158 valence electrons. The van der Waals surface area contributed by atoms with Crippen molar-refractivity contribution in [1.29, 1.82) is 0 Å². The van der Waals surface area contributed by atoms with Gasteiger partial charge in [-0.2, -0.15) is 0 Å². The van der Waals surface area contributed by atoms with Gasteiger partial charge in [0.25, 0.3) is 0 Å². The molecule has 0 unspecified atom stereocenters. The molecular weight excluding hydrogens is 390 g/mol. The maximum Gasteiger partial charge on any atom is 0.167 e. The first-order valence-electron chi connectivity index (χ1n) is 10.4. The highest BCUT2D eigenvalue weighted by Crippen LogP contribution is 2.29. The first-order valence-corrected chi connectivity index (χ1v) is 10.4. The topological polar surface area (TPSA) is 95.8 Å².